The molecule has 0 radical (unpaired) electrons. The summed E-state index contributed by atoms with van der Waals surface area (Å²) in [5.41, 5.74) is -0.161. The van der Waals surface area contributed by atoms with Crippen molar-refractivity contribution in [2.75, 3.05) is 0 Å². The van der Waals surface area contributed by atoms with E-state index in [4.69, 9.17) is 26.4 Å². The van der Waals surface area contributed by atoms with Crippen LogP contribution in [0.3, 0.4) is 0 Å². The molecule has 0 aromatic heterocycles. The van der Waals surface area contributed by atoms with E-state index in [1.165, 1.54) is 0 Å². The Labute approximate surface area is 64.2 Å². The molecule has 0 saturated carbocycles. The summed E-state index contributed by atoms with van der Waals surface area (Å²) in [7, 11) is 0. The molecule has 0 heterocycles. The van der Waals surface area contributed by atoms with Crippen LogP contribution in [0.4, 0.5) is 0 Å². The molecule has 62 valence electrons. The SMILES string of the molecule is N=C(O)CCCC(=N)C(=N)O. The second-order valence-corrected chi connectivity index (χ2v) is 2.13. The number of aliphatic hydroxyl groups excluding tert-OH is 2. The fourth-order valence-corrected chi connectivity index (χ4v) is 0.551. The lowest BCUT2D eigenvalue weighted by Gasteiger charge is -1.98. The Morgan fingerprint density at radius 2 is 1.55 bits per heavy atom. The van der Waals surface area contributed by atoms with Gasteiger partial charge < -0.3 is 10.2 Å². The minimum absolute atomic E-state index is 0.161. The van der Waals surface area contributed by atoms with Crippen molar-refractivity contribution in [1.29, 1.82) is 16.2 Å². The maximum Gasteiger partial charge on any atom is 0.224 e. The summed E-state index contributed by atoms with van der Waals surface area (Å²) in [6, 6.07) is 0. The average molecular weight is 157 g/mol. The van der Waals surface area contributed by atoms with Gasteiger partial charge in [-0.1, -0.05) is 0 Å². The minimum Gasteiger partial charge on any atom is -0.497 e. The van der Waals surface area contributed by atoms with E-state index in [0.29, 0.717) is 6.42 Å². The summed E-state index contributed by atoms with van der Waals surface area (Å²) in [5, 5.41) is 37.0. The Bertz CT molecular complexity index is 188. The third-order valence-electron chi connectivity index (χ3n) is 1.13. The average Bonchev–Trinajstić information content (AvgIpc) is 1.86. The normalized spacial score (nSPS) is 9.09. The highest BCUT2D eigenvalue weighted by atomic mass is 16.3. The summed E-state index contributed by atoms with van der Waals surface area (Å²) >= 11 is 0. The molecule has 0 aliphatic rings. The lowest BCUT2D eigenvalue weighted by Crippen LogP contribution is -2.10. The van der Waals surface area contributed by atoms with Crippen molar-refractivity contribution < 1.29 is 10.2 Å². The third-order valence-corrected chi connectivity index (χ3v) is 1.13. The molecule has 0 aliphatic carbocycles. The van der Waals surface area contributed by atoms with Crippen LogP contribution in [-0.2, 0) is 0 Å². The smallest absolute Gasteiger partial charge is 0.224 e. The van der Waals surface area contributed by atoms with Crippen LogP contribution in [-0.4, -0.2) is 27.7 Å². The van der Waals surface area contributed by atoms with Crippen LogP contribution in [0.5, 0.6) is 0 Å². The largest absolute Gasteiger partial charge is 0.497 e. The van der Waals surface area contributed by atoms with E-state index < -0.39 is 11.8 Å². The van der Waals surface area contributed by atoms with E-state index in [2.05, 4.69) is 0 Å². The Morgan fingerprint density at radius 3 is 1.91 bits per heavy atom. The molecular formula is C6H11N3O2. The topological polar surface area (TPSA) is 112 Å². The van der Waals surface area contributed by atoms with Gasteiger partial charge in [-0.25, -0.2) is 0 Å². The maximum absolute atomic E-state index is 8.43. The lowest BCUT2D eigenvalue weighted by atomic mass is 10.1. The van der Waals surface area contributed by atoms with Gasteiger partial charge in [0.1, 0.15) is 0 Å². The van der Waals surface area contributed by atoms with Gasteiger partial charge in [-0.15, -0.1) is 0 Å². The number of hydrogen-bond acceptors (Lipinski definition) is 3. The van der Waals surface area contributed by atoms with Crippen LogP contribution in [0, 0.1) is 16.2 Å². The first-order valence-corrected chi connectivity index (χ1v) is 3.15. The van der Waals surface area contributed by atoms with Gasteiger partial charge in [0.25, 0.3) is 0 Å². The molecular weight excluding hydrogens is 146 g/mol. The molecule has 0 spiro atoms. The molecule has 11 heavy (non-hydrogen) atoms. The zero-order chi connectivity index (χ0) is 8.85. The predicted molar refractivity (Wildman–Crippen MR) is 42.3 cm³/mol. The number of rotatable bonds is 5. The Balaban J connectivity index is 3.47. The fraction of sp³-hybridized carbons (Fsp3) is 0.500. The van der Waals surface area contributed by atoms with Gasteiger partial charge in [0.15, 0.2) is 5.90 Å². The van der Waals surface area contributed by atoms with Gasteiger partial charge in [0.2, 0.25) is 5.90 Å². The number of nitrogens with one attached hydrogen (secondary N) is 3. The highest BCUT2D eigenvalue weighted by molar-refractivity contribution is 6.35. The van der Waals surface area contributed by atoms with Crippen LogP contribution < -0.4 is 0 Å². The Hall–Kier alpha value is -1.39. The van der Waals surface area contributed by atoms with Crippen LogP contribution in [0.15, 0.2) is 0 Å². The van der Waals surface area contributed by atoms with E-state index in [1.54, 1.807) is 0 Å². The molecule has 0 aliphatic heterocycles. The first kappa shape index (κ1) is 9.61. The summed E-state index contributed by atoms with van der Waals surface area (Å²) < 4.78 is 0. The summed E-state index contributed by atoms with van der Waals surface area (Å²) in [5.74, 6) is -1.17. The summed E-state index contributed by atoms with van der Waals surface area (Å²) in [4.78, 5) is 0. The van der Waals surface area contributed by atoms with E-state index in [9.17, 15) is 0 Å². The van der Waals surface area contributed by atoms with Crippen LogP contribution >= 0.6 is 0 Å². The Kier molecular flexibility index (Phi) is 3.87. The standard InChI is InChI=1S/C6H11N3O2/c7-4(6(9)11)2-1-3-5(8)10/h7H,1-3H2,(H2,8,10)(H2,9,11). The first-order valence-electron chi connectivity index (χ1n) is 3.15. The van der Waals surface area contributed by atoms with Crippen molar-refractivity contribution in [1.82, 2.24) is 0 Å². The third kappa shape index (κ3) is 5.07. The molecule has 5 N–H and O–H groups in total. The monoisotopic (exact) mass is 157 g/mol. The van der Waals surface area contributed by atoms with Crippen molar-refractivity contribution >= 4 is 17.5 Å². The quantitative estimate of drug-likeness (QED) is 0.305. The van der Waals surface area contributed by atoms with Crippen molar-refractivity contribution in [3.05, 3.63) is 0 Å². The summed E-state index contributed by atoms with van der Waals surface area (Å²) in [6.07, 6.45) is 0.824. The molecule has 0 rings (SSSR count). The fourth-order valence-electron chi connectivity index (χ4n) is 0.551. The van der Waals surface area contributed by atoms with Gasteiger partial charge in [-0.2, -0.15) is 0 Å². The molecule has 0 saturated heterocycles. The highest BCUT2D eigenvalue weighted by Gasteiger charge is 2.02. The maximum atomic E-state index is 8.43. The van der Waals surface area contributed by atoms with Gasteiger partial charge in [-0.05, 0) is 12.8 Å². The van der Waals surface area contributed by atoms with Crippen molar-refractivity contribution in [2.45, 2.75) is 19.3 Å². The molecule has 0 unspecified atom stereocenters. The lowest BCUT2D eigenvalue weighted by molar-refractivity contribution is 0.520. The first-order chi connectivity index (χ1) is 5.04. The summed E-state index contributed by atoms with van der Waals surface area (Å²) in [6.45, 7) is 0. The minimum atomic E-state index is -0.741. The van der Waals surface area contributed by atoms with Gasteiger partial charge >= 0.3 is 0 Å². The van der Waals surface area contributed by atoms with Gasteiger partial charge in [-0.3, -0.25) is 16.2 Å². The van der Waals surface area contributed by atoms with E-state index in [0.717, 1.165) is 0 Å². The van der Waals surface area contributed by atoms with Gasteiger partial charge in [0.05, 0.1) is 5.71 Å². The molecule has 0 atom stereocenters. The van der Waals surface area contributed by atoms with Crippen molar-refractivity contribution in [3.63, 3.8) is 0 Å². The molecule has 0 bridgehead atoms. The molecule has 0 aromatic carbocycles. The van der Waals surface area contributed by atoms with Gasteiger partial charge in [0, 0.05) is 6.42 Å². The molecule has 5 heteroatoms. The number of aliphatic hydroxyl groups is 2. The van der Waals surface area contributed by atoms with E-state index >= 15 is 0 Å². The predicted octanol–water partition coefficient (Wildman–Crippen LogP) is 1.25. The zero-order valence-corrected chi connectivity index (χ0v) is 6.02. The second kappa shape index (κ2) is 4.43. The number of hydrogen-bond donors (Lipinski definition) is 5. The van der Waals surface area contributed by atoms with Crippen LogP contribution in [0.25, 0.3) is 0 Å². The molecule has 0 amide bonds. The van der Waals surface area contributed by atoms with Crippen molar-refractivity contribution in [2.24, 2.45) is 0 Å². The van der Waals surface area contributed by atoms with E-state index in [-0.39, 0.29) is 18.6 Å². The van der Waals surface area contributed by atoms with Crippen LogP contribution in [0.1, 0.15) is 19.3 Å². The molecule has 0 aromatic rings. The molecule has 0 fully saturated rings. The van der Waals surface area contributed by atoms with Crippen molar-refractivity contribution in [3.8, 4) is 0 Å². The highest BCUT2D eigenvalue weighted by Crippen LogP contribution is 1.96. The van der Waals surface area contributed by atoms with E-state index in [1.807, 2.05) is 0 Å². The van der Waals surface area contributed by atoms with Crippen LogP contribution in [0.2, 0.25) is 0 Å². The molecule has 5 nitrogen and oxygen atoms in total. The second-order valence-electron chi connectivity index (χ2n) is 2.13. The Morgan fingerprint density at radius 1 is 1.00 bits per heavy atom. The zero-order valence-electron chi connectivity index (χ0n) is 6.02.